The third-order valence-corrected chi connectivity index (χ3v) is 4.40. The Hall–Kier alpha value is -2.99. The second-order valence-corrected chi connectivity index (χ2v) is 5.95. The van der Waals surface area contributed by atoms with Crippen LogP contribution in [0.2, 0.25) is 0 Å². The van der Waals surface area contributed by atoms with Gasteiger partial charge in [0.1, 0.15) is 5.82 Å². The summed E-state index contributed by atoms with van der Waals surface area (Å²) in [6.45, 7) is 0. The van der Waals surface area contributed by atoms with Gasteiger partial charge in [0, 0.05) is 24.2 Å². The highest BCUT2D eigenvalue weighted by Crippen LogP contribution is 2.26. The van der Waals surface area contributed by atoms with Crippen molar-refractivity contribution in [2.75, 3.05) is 5.32 Å². The monoisotopic (exact) mass is 320 g/mol. The number of carbonyl (C=O) groups excluding carboxylic acids is 1. The summed E-state index contributed by atoms with van der Waals surface area (Å²) in [5, 5.41) is 3.67. The minimum absolute atomic E-state index is 0.179. The van der Waals surface area contributed by atoms with Gasteiger partial charge in [0.25, 0.3) is 5.91 Å². The molecule has 0 aliphatic rings. The Morgan fingerprint density at radius 3 is 2.74 bits per heavy atom. The first-order valence-corrected chi connectivity index (χ1v) is 7.87. The molecule has 0 unspecified atom stereocenters. The Morgan fingerprint density at radius 2 is 1.96 bits per heavy atom. The van der Waals surface area contributed by atoms with E-state index in [1.54, 1.807) is 29.7 Å². The zero-order valence-corrected chi connectivity index (χ0v) is 12.8. The second-order valence-electron chi connectivity index (χ2n) is 4.94. The Morgan fingerprint density at radius 1 is 1.09 bits per heavy atom. The van der Waals surface area contributed by atoms with E-state index >= 15 is 0 Å². The maximum Gasteiger partial charge on any atom is 0.256 e. The fourth-order valence-electron chi connectivity index (χ4n) is 2.25. The molecule has 0 spiro atoms. The molecule has 0 atom stereocenters. The third-order valence-electron chi connectivity index (χ3n) is 3.37. The second kappa shape index (κ2) is 5.66. The van der Waals surface area contributed by atoms with Crippen LogP contribution in [0.5, 0.6) is 0 Å². The number of benzene rings is 1. The summed E-state index contributed by atoms with van der Waals surface area (Å²) >= 11 is 1.55. The number of carbonyl (C=O) groups is 1. The average Bonchev–Trinajstić information content (AvgIpc) is 3.24. The van der Waals surface area contributed by atoms with Gasteiger partial charge in [-0.25, -0.2) is 9.97 Å². The molecule has 0 aliphatic carbocycles. The molecule has 0 saturated heterocycles. The van der Waals surface area contributed by atoms with Crippen molar-refractivity contribution in [2.24, 2.45) is 0 Å². The predicted octanol–water partition coefficient (Wildman–Crippen LogP) is 3.73. The van der Waals surface area contributed by atoms with Crippen molar-refractivity contribution >= 4 is 33.3 Å². The van der Waals surface area contributed by atoms with E-state index in [1.165, 1.54) is 0 Å². The van der Waals surface area contributed by atoms with Crippen LogP contribution >= 0.6 is 11.3 Å². The van der Waals surface area contributed by atoms with Crippen LogP contribution in [0.4, 0.5) is 5.82 Å². The van der Waals surface area contributed by atoms with E-state index in [-0.39, 0.29) is 5.91 Å². The van der Waals surface area contributed by atoms with Crippen molar-refractivity contribution in [1.82, 2.24) is 14.5 Å². The number of nitrogens with one attached hydrogen (secondary N) is 1. The number of anilines is 1. The molecule has 1 aromatic carbocycles. The summed E-state index contributed by atoms with van der Waals surface area (Å²) in [6, 6.07) is 14.8. The maximum absolute atomic E-state index is 12.3. The molecule has 6 heteroatoms. The topological polar surface area (TPSA) is 59.8 Å². The maximum atomic E-state index is 12.3. The Bertz CT molecular complexity index is 961. The van der Waals surface area contributed by atoms with Gasteiger partial charge in [0.15, 0.2) is 5.13 Å². The predicted molar refractivity (Wildman–Crippen MR) is 91.1 cm³/mol. The largest absolute Gasteiger partial charge is 0.307 e. The number of hydrogen-bond acceptors (Lipinski definition) is 4. The highest BCUT2D eigenvalue weighted by Gasteiger charge is 2.10. The summed E-state index contributed by atoms with van der Waals surface area (Å²) < 4.78 is 2.93. The van der Waals surface area contributed by atoms with Gasteiger partial charge in [0.05, 0.1) is 10.2 Å². The first-order chi connectivity index (χ1) is 11.3. The highest BCUT2D eigenvalue weighted by atomic mass is 32.1. The Labute approximate surface area is 136 Å². The van der Waals surface area contributed by atoms with E-state index in [9.17, 15) is 4.79 Å². The number of pyridine rings is 1. The van der Waals surface area contributed by atoms with Crippen LogP contribution in [0.1, 0.15) is 10.4 Å². The first-order valence-electron chi connectivity index (χ1n) is 7.06. The van der Waals surface area contributed by atoms with Crippen molar-refractivity contribution in [3.63, 3.8) is 0 Å². The van der Waals surface area contributed by atoms with Gasteiger partial charge in [-0.15, -0.1) is 0 Å². The van der Waals surface area contributed by atoms with Gasteiger partial charge in [-0.1, -0.05) is 17.4 Å². The first kappa shape index (κ1) is 13.7. The standard InChI is InChI=1S/C17H12N4OS/c22-16(20-15-5-1-2-8-18-15)12-6-7-13-14(11-12)23-17(19-13)21-9-3-4-10-21/h1-11H,(H,18,20,22). The van der Waals surface area contributed by atoms with Crippen LogP contribution in [-0.4, -0.2) is 20.4 Å². The number of hydrogen-bond donors (Lipinski definition) is 1. The number of nitrogens with zero attached hydrogens (tertiary/aromatic N) is 3. The van der Waals surface area contributed by atoms with Gasteiger partial charge in [-0.05, 0) is 42.5 Å². The lowest BCUT2D eigenvalue weighted by molar-refractivity contribution is 0.102. The number of aromatic nitrogens is 3. The fraction of sp³-hybridized carbons (Fsp3) is 0. The highest BCUT2D eigenvalue weighted by molar-refractivity contribution is 7.20. The van der Waals surface area contributed by atoms with Crippen molar-refractivity contribution in [3.05, 3.63) is 72.7 Å². The van der Waals surface area contributed by atoms with E-state index in [0.29, 0.717) is 11.4 Å². The molecule has 112 valence electrons. The number of rotatable bonds is 3. The SMILES string of the molecule is O=C(Nc1ccccn1)c1ccc2nc(-n3cccc3)sc2c1. The molecular formula is C17H12N4OS. The minimum atomic E-state index is -0.179. The van der Waals surface area contributed by atoms with E-state index in [0.717, 1.165) is 15.3 Å². The van der Waals surface area contributed by atoms with Gasteiger partial charge in [0.2, 0.25) is 0 Å². The number of amides is 1. The molecule has 23 heavy (non-hydrogen) atoms. The van der Waals surface area contributed by atoms with Crippen LogP contribution in [0, 0.1) is 0 Å². The lowest BCUT2D eigenvalue weighted by Gasteiger charge is -2.03. The molecule has 5 nitrogen and oxygen atoms in total. The van der Waals surface area contributed by atoms with Gasteiger partial charge >= 0.3 is 0 Å². The van der Waals surface area contributed by atoms with E-state index in [4.69, 9.17) is 0 Å². The van der Waals surface area contributed by atoms with Crippen LogP contribution in [0.15, 0.2) is 67.1 Å². The summed E-state index contributed by atoms with van der Waals surface area (Å²) in [5.41, 5.74) is 1.47. The molecule has 4 aromatic rings. The zero-order valence-electron chi connectivity index (χ0n) is 12.0. The summed E-state index contributed by atoms with van der Waals surface area (Å²) in [5.74, 6) is 0.358. The molecule has 0 fully saturated rings. The Balaban J connectivity index is 1.65. The van der Waals surface area contributed by atoms with Crippen LogP contribution in [0.3, 0.4) is 0 Å². The molecule has 0 aliphatic heterocycles. The molecule has 4 rings (SSSR count). The Kier molecular flexibility index (Phi) is 3.36. The normalized spacial score (nSPS) is 10.8. The van der Waals surface area contributed by atoms with Gasteiger partial charge in [-0.3, -0.25) is 4.79 Å². The quantitative estimate of drug-likeness (QED) is 0.625. The molecule has 3 aromatic heterocycles. The zero-order chi connectivity index (χ0) is 15.6. The molecule has 1 amide bonds. The lowest BCUT2D eigenvalue weighted by atomic mass is 10.2. The summed E-state index contributed by atoms with van der Waals surface area (Å²) in [7, 11) is 0. The van der Waals surface area contributed by atoms with Crippen molar-refractivity contribution in [1.29, 1.82) is 0 Å². The van der Waals surface area contributed by atoms with Crippen LogP contribution in [0.25, 0.3) is 15.3 Å². The van der Waals surface area contributed by atoms with Gasteiger partial charge < -0.3 is 9.88 Å². The third kappa shape index (κ3) is 2.72. The molecular weight excluding hydrogens is 308 g/mol. The van der Waals surface area contributed by atoms with Crippen molar-refractivity contribution in [2.45, 2.75) is 0 Å². The molecule has 1 N–H and O–H groups in total. The molecule has 0 radical (unpaired) electrons. The van der Waals surface area contributed by atoms with Crippen molar-refractivity contribution < 1.29 is 4.79 Å². The lowest BCUT2D eigenvalue weighted by Crippen LogP contribution is -2.12. The molecule has 0 saturated carbocycles. The van der Waals surface area contributed by atoms with E-state index in [1.807, 2.05) is 53.4 Å². The summed E-state index contributed by atoms with van der Waals surface area (Å²) in [4.78, 5) is 21.0. The fourth-order valence-corrected chi connectivity index (χ4v) is 3.22. The van der Waals surface area contributed by atoms with Crippen LogP contribution in [-0.2, 0) is 0 Å². The number of fused-ring (bicyclic) bond motifs is 1. The average molecular weight is 320 g/mol. The minimum Gasteiger partial charge on any atom is -0.307 e. The van der Waals surface area contributed by atoms with Gasteiger partial charge in [-0.2, -0.15) is 0 Å². The smallest absolute Gasteiger partial charge is 0.256 e. The summed E-state index contributed by atoms with van der Waals surface area (Å²) in [6.07, 6.45) is 5.55. The van der Waals surface area contributed by atoms with E-state index < -0.39 is 0 Å². The molecule has 3 heterocycles. The number of thiazole rings is 1. The van der Waals surface area contributed by atoms with Crippen molar-refractivity contribution in [3.8, 4) is 5.13 Å². The van der Waals surface area contributed by atoms with Crippen LogP contribution < -0.4 is 5.32 Å². The van der Waals surface area contributed by atoms with E-state index in [2.05, 4.69) is 15.3 Å². The molecule has 0 bridgehead atoms.